The number of anilines is 1. The number of ether oxygens (including phenoxy) is 2. The number of nitrogens with two attached hydrogens (primary N) is 1. The van der Waals surface area contributed by atoms with Gasteiger partial charge in [-0.1, -0.05) is 13.0 Å². The minimum atomic E-state index is -0.427. The fourth-order valence-electron chi connectivity index (χ4n) is 2.65. The average Bonchev–Trinajstić information content (AvgIpc) is 3.00. The predicted molar refractivity (Wildman–Crippen MR) is 63.2 cm³/mol. The van der Waals surface area contributed by atoms with Gasteiger partial charge >= 0.3 is 5.97 Å². The Kier molecular flexibility index (Phi) is 1.94. The first-order valence-electron chi connectivity index (χ1n) is 5.70. The van der Waals surface area contributed by atoms with Gasteiger partial charge in [0, 0.05) is 11.1 Å². The maximum atomic E-state index is 11.7. The Morgan fingerprint density at radius 2 is 2.35 bits per heavy atom. The number of benzene rings is 1. The summed E-state index contributed by atoms with van der Waals surface area (Å²) in [6, 6.07) is 3.73. The van der Waals surface area contributed by atoms with E-state index in [9.17, 15) is 4.79 Å². The molecule has 2 atom stereocenters. The standard InChI is InChI=1S/C13H15NO3/c1-13-5-8(13)7-3-4-9(14)10(12(15)16-2)11(7)17-6-13/h3-4,8H,5-6,14H2,1-2H3/t8-,13+/m1/s1. The minimum Gasteiger partial charge on any atom is -0.492 e. The molecule has 1 aliphatic heterocycles. The molecule has 0 unspecified atom stereocenters. The molecule has 1 heterocycles. The van der Waals surface area contributed by atoms with Crippen LogP contribution in [0.15, 0.2) is 12.1 Å². The van der Waals surface area contributed by atoms with Gasteiger partial charge in [-0.3, -0.25) is 0 Å². The van der Waals surface area contributed by atoms with Crippen LogP contribution in [0.2, 0.25) is 0 Å². The second kappa shape index (κ2) is 3.15. The monoisotopic (exact) mass is 233 g/mol. The van der Waals surface area contributed by atoms with Crippen molar-refractivity contribution in [2.45, 2.75) is 19.3 Å². The molecular formula is C13H15NO3. The first-order chi connectivity index (χ1) is 8.07. The van der Waals surface area contributed by atoms with E-state index in [0.29, 0.717) is 29.5 Å². The lowest BCUT2D eigenvalue weighted by molar-refractivity contribution is 0.0594. The summed E-state index contributed by atoms with van der Waals surface area (Å²) in [5.41, 5.74) is 7.96. The van der Waals surface area contributed by atoms with Crippen molar-refractivity contribution in [1.82, 2.24) is 0 Å². The molecule has 0 bridgehead atoms. The number of fused-ring (bicyclic) bond motifs is 3. The molecule has 0 radical (unpaired) electrons. The molecule has 1 saturated carbocycles. The highest BCUT2D eigenvalue weighted by atomic mass is 16.5. The molecule has 1 aromatic rings. The Balaban J connectivity index is 2.14. The van der Waals surface area contributed by atoms with E-state index in [4.69, 9.17) is 15.2 Å². The first kappa shape index (κ1) is 10.4. The van der Waals surface area contributed by atoms with Gasteiger partial charge < -0.3 is 15.2 Å². The van der Waals surface area contributed by atoms with Crippen LogP contribution < -0.4 is 10.5 Å². The normalized spacial score (nSPS) is 28.7. The molecule has 0 saturated heterocycles. The summed E-state index contributed by atoms with van der Waals surface area (Å²) in [6.07, 6.45) is 1.12. The van der Waals surface area contributed by atoms with Crippen LogP contribution in [-0.4, -0.2) is 19.7 Å². The lowest BCUT2D eigenvalue weighted by Crippen LogP contribution is -2.20. The topological polar surface area (TPSA) is 61.5 Å². The van der Waals surface area contributed by atoms with Crippen molar-refractivity contribution in [3.8, 4) is 5.75 Å². The zero-order valence-electron chi connectivity index (χ0n) is 9.95. The number of carbonyl (C=O) groups excluding carboxylic acids is 1. The van der Waals surface area contributed by atoms with Crippen molar-refractivity contribution in [2.24, 2.45) is 5.41 Å². The third kappa shape index (κ3) is 1.33. The van der Waals surface area contributed by atoms with Crippen molar-refractivity contribution in [1.29, 1.82) is 0 Å². The Bertz CT molecular complexity index is 512. The summed E-state index contributed by atoms with van der Waals surface area (Å²) >= 11 is 0. The molecule has 1 fully saturated rings. The summed E-state index contributed by atoms with van der Waals surface area (Å²) in [5.74, 6) is 0.690. The van der Waals surface area contributed by atoms with Gasteiger partial charge in [-0.25, -0.2) is 4.79 Å². The summed E-state index contributed by atoms with van der Waals surface area (Å²) in [5, 5.41) is 0. The lowest BCUT2D eigenvalue weighted by Gasteiger charge is -2.24. The molecule has 0 spiro atoms. The summed E-state index contributed by atoms with van der Waals surface area (Å²) < 4.78 is 10.5. The van der Waals surface area contributed by atoms with E-state index in [0.717, 1.165) is 12.0 Å². The molecule has 2 aliphatic rings. The van der Waals surface area contributed by atoms with Crippen LogP contribution in [0.25, 0.3) is 0 Å². The molecule has 2 N–H and O–H groups in total. The molecule has 17 heavy (non-hydrogen) atoms. The summed E-state index contributed by atoms with van der Waals surface area (Å²) in [7, 11) is 1.35. The Labute approximate surface area is 99.7 Å². The average molecular weight is 233 g/mol. The number of carbonyl (C=O) groups is 1. The van der Waals surface area contributed by atoms with Crippen LogP contribution in [0.3, 0.4) is 0 Å². The summed E-state index contributed by atoms with van der Waals surface area (Å²) in [4.78, 5) is 11.7. The van der Waals surface area contributed by atoms with Crippen LogP contribution >= 0.6 is 0 Å². The second-order valence-electron chi connectivity index (χ2n) is 5.14. The van der Waals surface area contributed by atoms with Gasteiger partial charge in [0.1, 0.15) is 11.3 Å². The Morgan fingerprint density at radius 1 is 1.59 bits per heavy atom. The van der Waals surface area contributed by atoms with Crippen molar-refractivity contribution in [2.75, 3.05) is 19.5 Å². The molecule has 4 nitrogen and oxygen atoms in total. The maximum absolute atomic E-state index is 11.7. The van der Waals surface area contributed by atoms with Gasteiger partial charge in [0.15, 0.2) is 0 Å². The number of hydrogen-bond donors (Lipinski definition) is 1. The second-order valence-corrected chi connectivity index (χ2v) is 5.14. The molecule has 0 amide bonds. The number of methoxy groups -OCH3 is 1. The number of nitrogen functional groups attached to an aromatic ring is 1. The predicted octanol–water partition coefficient (Wildman–Crippen LogP) is 1.94. The van der Waals surface area contributed by atoms with Gasteiger partial charge in [-0.15, -0.1) is 0 Å². The molecule has 3 rings (SSSR count). The molecular weight excluding hydrogens is 218 g/mol. The Hall–Kier alpha value is -1.71. The third-order valence-corrected chi connectivity index (χ3v) is 3.88. The minimum absolute atomic E-state index is 0.247. The van der Waals surface area contributed by atoms with Crippen molar-refractivity contribution in [3.63, 3.8) is 0 Å². The van der Waals surface area contributed by atoms with Gasteiger partial charge in [-0.2, -0.15) is 0 Å². The van der Waals surface area contributed by atoms with E-state index in [1.165, 1.54) is 7.11 Å². The van der Waals surface area contributed by atoms with Gasteiger partial charge in [0.2, 0.25) is 0 Å². The summed E-state index contributed by atoms with van der Waals surface area (Å²) in [6.45, 7) is 2.85. The van der Waals surface area contributed by atoms with Crippen LogP contribution in [0.5, 0.6) is 5.75 Å². The molecule has 1 aliphatic carbocycles. The molecule has 4 heteroatoms. The number of rotatable bonds is 1. The zero-order chi connectivity index (χ0) is 12.2. The quantitative estimate of drug-likeness (QED) is 0.594. The SMILES string of the molecule is COC(=O)c1c(N)ccc2c1OC[C@]1(C)C[C@H]21. The van der Waals surface area contributed by atoms with Crippen molar-refractivity contribution < 1.29 is 14.3 Å². The van der Waals surface area contributed by atoms with Gasteiger partial charge in [0.05, 0.1) is 13.7 Å². The number of esters is 1. The first-order valence-corrected chi connectivity index (χ1v) is 5.70. The Morgan fingerprint density at radius 3 is 3.06 bits per heavy atom. The molecule has 0 aromatic heterocycles. The smallest absolute Gasteiger partial charge is 0.343 e. The van der Waals surface area contributed by atoms with Gasteiger partial charge in [-0.05, 0) is 24.0 Å². The van der Waals surface area contributed by atoms with Crippen LogP contribution in [0, 0.1) is 5.41 Å². The highest BCUT2D eigenvalue weighted by Crippen LogP contribution is 2.64. The van der Waals surface area contributed by atoms with Crippen molar-refractivity contribution in [3.05, 3.63) is 23.3 Å². The molecule has 1 aromatic carbocycles. The maximum Gasteiger partial charge on any atom is 0.343 e. The fourth-order valence-corrected chi connectivity index (χ4v) is 2.65. The molecule has 90 valence electrons. The van der Waals surface area contributed by atoms with E-state index in [1.54, 1.807) is 6.07 Å². The van der Waals surface area contributed by atoms with E-state index in [2.05, 4.69) is 6.92 Å². The number of hydrogen-bond acceptors (Lipinski definition) is 4. The zero-order valence-corrected chi connectivity index (χ0v) is 9.95. The van der Waals surface area contributed by atoms with E-state index >= 15 is 0 Å². The van der Waals surface area contributed by atoms with Gasteiger partial charge in [0.25, 0.3) is 0 Å². The van der Waals surface area contributed by atoms with Crippen LogP contribution in [-0.2, 0) is 4.74 Å². The lowest BCUT2D eigenvalue weighted by atomic mass is 9.95. The largest absolute Gasteiger partial charge is 0.492 e. The highest BCUT2D eigenvalue weighted by Gasteiger charge is 2.55. The van der Waals surface area contributed by atoms with Crippen LogP contribution in [0.4, 0.5) is 5.69 Å². The van der Waals surface area contributed by atoms with Crippen molar-refractivity contribution >= 4 is 11.7 Å². The van der Waals surface area contributed by atoms with Crippen LogP contribution in [0.1, 0.15) is 35.2 Å². The van der Waals surface area contributed by atoms with E-state index in [-0.39, 0.29) is 5.41 Å². The fraction of sp³-hybridized carbons (Fsp3) is 0.462. The third-order valence-electron chi connectivity index (χ3n) is 3.88. The van der Waals surface area contributed by atoms with E-state index in [1.807, 2.05) is 6.07 Å². The highest BCUT2D eigenvalue weighted by molar-refractivity contribution is 5.98. The van der Waals surface area contributed by atoms with E-state index < -0.39 is 5.97 Å².